The first-order valence-electron chi connectivity index (χ1n) is 2.49. The lowest BCUT2D eigenvalue weighted by Crippen LogP contribution is -1.90. The van der Waals surface area contributed by atoms with Gasteiger partial charge in [0, 0.05) is 6.42 Å². The highest BCUT2D eigenvalue weighted by molar-refractivity contribution is 5.19. The van der Waals surface area contributed by atoms with E-state index in [0.717, 1.165) is 18.7 Å². The normalized spacial score (nSPS) is 15.5. The molecule has 1 aliphatic rings. The maximum Gasteiger partial charge on any atom is 0.256 e. The van der Waals surface area contributed by atoms with Crippen molar-refractivity contribution in [2.75, 3.05) is 6.61 Å². The highest BCUT2D eigenvalue weighted by atomic mass is 16.5. The molecule has 0 amide bonds. The number of fused-ring (bicyclic) bond motifs is 1. The molecule has 1 N–H and O–H groups in total. The van der Waals surface area contributed by atoms with Gasteiger partial charge in [-0.15, -0.1) is 5.10 Å². The molecule has 0 fully saturated rings. The van der Waals surface area contributed by atoms with Gasteiger partial charge >= 0.3 is 0 Å². The van der Waals surface area contributed by atoms with Crippen molar-refractivity contribution >= 4 is 0 Å². The molecular weight excluding hydrogens is 106 g/mol. The summed E-state index contributed by atoms with van der Waals surface area (Å²) < 4.78 is 5.03. The Kier molecular flexibility index (Phi) is 0.588. The second-order valence-corrected chi connectivity index (χ2v) is 1.67. The van der Waals surface area contributed by atoms with E-state index in [0.29, 0.717) is 5.88 Å². The summed E-state index contributed by atoms with van der Waals surface area (Å²) in [5, 5.41) is 10.0. The van der Waals surface area contributed by atoms with Crippen LogP contribution in [0.1, 0.15) is 5.69 Å². The molecule has 0 atom stereocenters. The first-order chi connectivity index (χ1) is 3.97. The lowest BCUT2D eigenvalue weighted by atomic mass is 10.4. The van der Waals surface area contributed by atoms with Crippen molar-refractivity contribution in [2.24, 2.45) is 0 Å². The monoisotopic (exact) mass is 111 g/mol. The summed E-state index contributed by atoms with van der Waals surface area (Å²) in [6.07, 6.45) is 0.895. The van der Waals surface area contributed by atoms with E-state index in [1.165, 1.54) is 0 Å². The molecule has 2 rings (SSSR count). The van der Waals surface area contributed by atoms with Gasteiger partial charge < -0.3 is 4.74 Å². The Morgan fingerprint density at radius 2 is 2.50 bits per heavy atom. The lowest BCUT2D eigenvalue weighted by Gasteiger charge is -1.84. The largest absolute Gasteiger partial charge is 0.475 e. The smallest absolute Gasteiger partial charge is 0.256 e. The minimum Gasteiger partial charge on any atom is -0.475 e. The predicted molar refractivity (Wildman–Crippen MR) is 25.6 cm³/mol. The van der Waals surface area contributed by atoms with Crippen LogP contribution >= 0.6 is 0 Å². The van der Waals surface area contributed by atoms with Crippen molar-refractivity contribution in [1.29, 1.82) is 0 Å². The van der Waals surface area contributed by atoms with E-state index in [2.05, 4.69) is 15.4 Å². The number of H-pyrrole nitrogens is 1. The second-order valence-electron chi connectivity index (χ2n) is 1.67. The van der Waals surface area contributed by atoms with Gasteiger partial charge in [0.15, 0.2) is 0 Å². The van der Waals surface area contributed by atoms with Crippen LogP contribution in [0.4, 0.5) is 0 Å². The Balaban J connectivity index is 2.54. The van der Waals surface area contributed by atoms with Crippen LogP contribution in [-0.4, -0.2) is 22.0 Å². The molecule has 1 aromatic rings. The molecule has 0 unspecified atom stereocenters. The van der Waals surface area contributed by atoms with E-state index in [-0.39, 0.29) is 0 Å². The third kappa shape index (κ3) is 0.344. The zero-order valence-electron chi connectivity index (χ0n) is 4.22. The first kappa shape index (κ1) is 3.88. The van der Waals surface area contributed by atoms with Gasteiger partial charge in [0.2, 0.25) is 0 Å². The summed E-state index contributed by atoms with van der Waals surface area (Å²) in [4.78, 5) is 0. The highest BCUT2D eigenvalue weighted by Crippen LogP contribution is 2.16. The van der Waals surface area contributed by atoms with Crippen molar-refractivity contribution in [3.63, 3.8) is 0 Å². The molecule has 4 heteroatoms. The Labute approximate surface area is 45.9 Å². The van der Waals surface area contributed by atoms with Crippen LogP contribution in [0.15, 0.2) is 0 Å². The third-order valence-electron chi connectivity index (χ3n) is 1.16. The number of rotatable bonds is 0. The average molecular weight is 111 g/mol. The van der Waals surface area contributed by atoms with Crippen molar-refractivity contribution in [3.05, 3.63) is 5.69 Å². The number of ether oxygens (including phenoxy) is 1. The fourth-order valence-electron chi connectivity index (χ4n) is 0.766. The fourth-order valence-corrected chi connectivity index (χ4v) is 0.766. The quantitative estimate of drug-likeness (QED) is 0.501. The summed E-state index contributed by atoms with van der Waals surface area (Å²) in [5.74, 6) is 0.671. The maximum absolute atomic E-state index is 5.03. The SMILES string of the molecule is C1Cc2n[nH]nc2O1. The Morgan fingerprint density at radius 3 is 3.38 bits per heavy atom. The highest BCUT2D eigenvalue weighted by Gasteiger charge is 2.14. The van der Waals surface area contributed by atoms with Crippen LogP contribution in [0.3, 0.4) is 0 Å². The Bertz CT molecular complexity index is 176. The molecule has 0 radical (unpaired) electrons. The number of hydrogen-bond acceptors (Lipinski definition) is 3. The second kappa shape index (κ2) is 1.21. The van der Waals surface area contributed by atoms with Crippen molar-refractivity contribution in [2.45, 2.75) is 6.42 Å². The lowest BCUT2D eigenvalue weighted by molar-refractivity contribution is 0.341. The van der Waals surface area contributed by atoms with Gasteiger partial charge in [-0.25, -0.2) is 0 Å². The molecule has 42 valence electrons. The molecular formula is C4H5N3O. The third-order valence-corrected chi connectivity index (χ3v) is 1.16. The van der Waals surface area contributed by atoms with E-state index in [9.17, 15) is 0 Å². The van der Waals surface area contributed by atoms with E-state index in [4.69, 9.17) is 4.74 Å². The summed E-state index contributed by atoms with van der Waals surface area (Å²) in [6.45, 7) is 0.735. The first-order valence-corrected chi connectivity index (χ1v) is 2.49. The van der Waals surface area contributed by atoms with Crippen LogP contribution in [0.5, 0.6) is 5.88 Å². The Hall–Kier alpha value is -1.06. The van der Waals surface area contributed by atoms with Crippen LogP contribution in [0.25, 0.3) is 0 Å². The number of aromatic amines is 1. The maximum atomic E-state index is 5.03. The predicted octanol–water partition coefficient (Wildman–Crippen LogP) is -0.260. The Morgan fingerprint density at radius 1 is 1.50 bits per heavy atom. The van der Waals surface area contributed by atoms with Crippen LogP contribution in [-0.2, 0) is 6.42 Å². The molecule has 0 aromatic carbocycles. The minimum absolute atomic E-state index is 0.671. The average Bonchev–Trinajstić information content (AvgIpc) is 2.15. The van der Waals surface area contributed by atoms with Gasteiger partial charge in [-0.2, -0.15) is 10.3 Å². The molecule has 1 aliphatic heterocycles. The molecule has 4 nitrogen and oxygen atoms in total. The summed E-state index contributed by atoms with van der Waals surface area (Å²) in [6, 6.07) is 0. The van der Waals surface area contributed by atoms with E-state index in [1.807, 2.05) is 0 Å². The molecule has 0 saturated carbocycles. The zero-order chi connectivity index (χ0) is 5.40. The standard InChI is InChI=1S/C4H5N3O/c1-2-8-4-3(1)5-7-6-4/h1-2H2,(H,5,6,7). The zero-order valence-corrected chi connectivity index (χ0v) is 4.22. The fraction of sp³-hybridized carbons (Fsp3) is 0.500. The summed E-state index contributed by atoms with van der Waals surface area (Å²) >= 11 is 0. The number of nitrogens with zero attached hydrogens (tertiary/aromatic N) is 2. The molecule has 1 aromatic heterocycles. The van der Waals surface area contributed by atoms with E-state index in [1.54, 1.807) is 0 Å². The number of aromatic nitrogens is 3. The van der Waals surface area contributed by atoms with Crippen molar-refractivity contribution in [1.82, 2.24) is 15.4 Å². The van der Waals surface area contributed by atoms with Crippen molar-refractivity contribution in [3.8, 4) is 5.88 Å². The topological polar surface area (TPSA) is 50.8 Å². The van der Waals surface area contributed by atoms with Gasteiger partial charge in [0.05, 0.1) is 6.61 Å². The van der Waals surface area contributed by atoms with Gasteiger partial charge in [-0.05, 0) is 0 Å². The van der Waals surface area contributed by atoms with Crippen LogP contribution in [0.2, 0.25) is 0 Å². The number of hydrogen-bond donors (Lipinski definition) is 1. The van der Waals surface area contributed by atoms with Gasteiger partial charge in [-0.3, -0.25) is 0 Å². The summed E-state index contributed by atoms with van der Waals surface area (Å²) in [5.41, 5.74) is 0.949. The molecule has 0 aliphatic carbocycles. The van der Waals surface area contributed by atoms with Crippen molar-refractivity contribution < 1.29 is 4.74 Å². The van der Waals surface area contributed by atoms with Crippen LogP contribution in [0, 0.1) is 0 Å². The minimum atomic E-state index is 0.671. The van der Waals surface area contributed by atoms with Gasteiger partial charge in [0.25, 0.3) is 5.88 Å². The van der Waals surface area contributed by atoms with Gasteiger partial charge in [-0.1, -0.05) is 0 Å². The molecule has 0 spiro atoms. The molecule has 0 saturated heterocycles. The molecule has 0 bridgehead atoms. The number of nitrogens with one attached hydrogen (secondary N) is 1. The van der Waals surface area contributed by atoms with Gasteiger partial charge in [0.1, 0.15) is 5.69 Å². The van der Waals surface area contributed by atoms with E-state index >= 15 is 0 Å². The molecule has 2 heterocycles. The summed E-state index contributed by atoms with van der Waals surface area (Å²) in [7, 11) is 0. The van der Waals surface area contributed by atoms with Crippen LogP contribution < -0.4 is 4.74 Å². The van der Waals surface area contributed by atoms with E-state index < -0.39 is 0 Å². The molecule has 8 heavy (non-hydrogen) atoms.